The summed E-state index contributed by atoms with van der Waals surface area (Å²) in [6.45, 7) is 9.43. The number of nitrogens with one attached hydrogen (secondary N) is 2. The van der Waals surface area contributed by atoms with E-state index in [0.29, 0.717) is 24.2 Å². The molecule has 5 rings (SSSR count). The van der Waals surface area contributed by atoms with Gasteiger partial charge in [-0.05, 0) is 111 Å². The zero-order valence-electron chi connectivity index (χ0n) is 36.0. The molecule has 7 N–H and O–H groups in total. The number of nitrogens with two attached hydrogens (primary N) is 1. The summed E-state index contributed by atoms with van der Waals surface area (Å²) in [6.07, 6.45) is 12.1. The third-order valence-electron chi connectivity index (χ3n) is 14.8. The summed E-state index contributed by atoms with van der Waals surface area (Å²) < 4.78 is 22.1. The highest BCUT2D eigenvalue weighted by Crippen LogP contribution is 2.69. The quantitative estimate of drug-likeness (QED) is 0.0507. The monoisotopic (exact) mass is 830 g/mol. The van der Waals surface area contributed by atoms with Gasteiger partial charge < -0.3 is 50.6 Å². The molecule has 14 heteroatoms. The number of fused-ring (bicyclic) bond motifs is 5. The molecule has 332 valence electrons. The van der Waals surface area contributed by atoms with Crippen LogP contribution in [0.25, 0.3) is 0 Å². The topological polar surface area (TPSA) is 216 Å². The van der Waals surface area contributed by atoms with E-state index in [0.717, 1.165) is 64.2 Å². The first kappa shape index (κ1) is 46.6. The summed E-state index contributed by atoms with van der Waals surface area (Å²) in [6, 6.07) is 2.78. The molecule has 4 aliphatic rings. The molecule has 1 unspecified atom stereocenters. The van der Waals surface area contributed by atoms with Crippen molar-refractivity contribution < 1.29 is 53.4 Å². The molecule has 14 nitrogen and oxygen atoms in total. The van der Waals surface area contributed by atoms with Gasteiger partial charge in [0, 0.05) is 18.9 Å². The van der Waals surface area contributed by atoms with Crippen molar-refractivity contribution in [2.45, 2.75) is 142 Å². The van der Waals surface area contributed by atoms with Gasteiger partial charge in [0.05, 0.1) is 50.7 Å². The number of methoxy groups -OCH3 is 1. The molecule has 0 bridgehead atoms. The minimum atomic E-state index is -0.908. The fraction of sp³-hybridized carbons (Fsp3) is 0.778. The average molecular weight is 830 g/mol. The molecule has 0 aliphatic heterocycles. The number of carbonyl (C=O) groups excluding carboxylic acids is 4. The summed E-state index contributed by atoms with van der Waals surface area (Å²) in [5, 5.41) is 38.2. The van der Waals surface area contributed by atoms with Gasteiger partial charge >= 0.3 is 5.97 Å². The molecule has 0 radical (unpaired) electrons. The Labute approximate surface area is 350 Å². The van der Waals surface area contributed by atoms with Crippen molar-refractivity contribution in [2.24, 2.45) is 46.2 Å². The summed E-state index contributed by atoms with van der Waals surface area (Å²) >= 11 is 0. The van der Waals surface area contributed by atoms with Gasteiger partial charge in [-0.15, -0.1) is 0 Å². The van der Waals surface area contributed by atoms with Crippen molar-refractivity contribution in [3.05, 3.63) is 17.7 Å². The van der Waals surface area contributed by atoms with Crippen LogP contribution < -0.4 is 21.1 Å². The second kappa shape index (κ2) is 20.4. The van der Waals surface area contributed by atoms with Crippen molar-refractivity contribution >= 4 is 29.4 Å². The lowest BCUT2D eigenvalue weighted by Crippen LogP contribution is -2.59. The Kier molecular flexibility index (Phi) is 16.1. The van der Waals surface area contributed by atoms with Crippen LogP contribution in [0, 0.1) is 40.4 Å². The normalized spacial score (nSPS) is 30.9. The number of amides is 3. The van der Waals surface area contributed by atoms with E-state index < -0.39 is 35.2 Å². The first-order chi connectivity index (χ1) is 28.0. The number of aliphatic hydroxyl groups excluding tert-OH is 1. The Morgan fingerprint density at radius 3 is 2.36 bits per heavy atom. The van der Waals surface area contributed by atoms with E-state index in [1.165, 1.54) is 32.1 Å². The van der Waals surface area contributed by atoms with Crippen molar-refractivity contribution in [2.75, 3.05) is 45.4 Å². The molecular weight excluding hydrogens is 759 g/mol. The van der Waals surface area contributed by atoms with Crippen LogP contribution in [-0.2, 0) is 28.6 Å². The zero-order valence-corrected chi connectivity index (χ0v) is 36.0. The van der Waals surface area contributed by atoms with Gasteiger partial charge in [0.2, 0.25) is 11.8 Å². The molecule has 1 aromatic rings. The van der Waals surface area contributed by atoms with Crippen molar-refractivity contribution in [1.82, 2.24) is 5.32 Å². The van der Waals surface area contributed by atoms with E-state index in [1.807, 2.05) is 0 Å². The lowest BCUT2D eigenvalue weighted by molar-refractivity contribution is -0.197. The number of rotatable bonds is 21. The van der Waals surface area contributed by atoms with E-state index in [1.54, 1.807) is 0 Å². The number of aliphatic hydroxyl groups is 2. The molecule has 0 spiro atoms. The standard InChI is InChI=1S/C45H71N3O11/c1-6-7-8-9-18-45(4,55)36-13-10-30-29-26-35(32-25-28(49)16-19-43(32,2)31(29)17-20-44(30,36)3)59-39(52)15-14-37(50)47-21-22-57-23-24-58-27-38(51)48-33-11-12-34(56-5)40(41(33)53)42(46)54/h11-12,28-32,35-36,49,53,55H,6-10,13-27H2,1-5H3,(H2,46,54)(H,47,50)(H,48,51)/t28-,29-,30-,31-,32?,35-,36-,43+,44-,45-/m0/s1. The van der Waals surface area contributed by atoms with Crippen LogP contribution in [0.2, 0.25) is 0 Å². The van der Waals surface area contributed by atoms with Gasteiger partial charge in [-0.2, -0.15) is 0 Å². The number of ether oxygens (including phenoxy) is 4. The fourth-order valence-electron chi connectivity index (χ4n) is 11.9. The zero-order chi connectivity index (χ0) is 43.0. The van der Waals surface area contributed by atoms with E-state index in [2.05, 4.69) is 38.3 Å². The molecule has 4 saturated carbocycles. The first-order valence-electron chi connectivity index (χ1n) is 22.1. The van der Waals surface area contributed by atoms with Gasteiger partial charge in [-0.25, -0.2) is 0 Å². The van der Waals surface area contributed by atoms with Gasteiger partial charge in [-0.1, -0.05) is 46.5 Å². The highest BCUT2D eigenvalue weighted by atomic mass is 16.5. The summed E-state index contributed by atoms with van der Waals surface area (Å²) in [4.78, 5) is 50.0. The van der Waals surface area contributed by atoms with E-state index >= 15 is 0 Å². The molecule has 4 fully saturated rings. The van der Waals surface area contributed by atoms with Crippen LogP contribution >= 0.6 is 0 Å². The van der Waals surface area contributed by atoms with Crippen LogP contribution in [0.1, 0.15) is 134 Å². The number of hydrogen-bond donors (Lipinski definition) is 6. The predicted octanol–water partition coefficient (Wildman–Crippen LogP) is 5.63. The van der Waals surface area contributed by atoms with Crippen molar-refractivity contribution in [3.8, 4) is 11.5 Å². The second-order valence-electron chi connectivity index (χ2n) is 18.5. The number of phenols is 1. The average Bonchev–Trinajstić information content (AvgIpc) is 3.56. The van der Waals surface area contributed by atoms with E-state index in [4.69, 9.17) is 24.7 Å². The van der Waals surface area contributed by atoms with Crippen LogP contribution in [0.5, 0.6) is 11.5 Å². The number of unbranched alkanes of at least 4 members (excludes halogenated alkanes) is 3. The number of aromatic hydroxyl groups is 1. The first-order valence-corrected chi connectivity index (χ1v) is 22.1. The largest absolute Gasteiger partial charge is 0.505 e. The molecule has 0 heterocycles. The number of carbonyl (C=O) groups is 4. The highest BCUT2D eigenvalue weighted by Gasteiger charge is 2.64. The Hall–Kier alpha value is -3.46. The highest BCUT2D eigenvalue weighted by molar-refractivity contribution is 6.02. The molecule has 3 amide bonds. The Morgan fingerprint density at radius 1 is 0.898 bits per heavy atom. The summed E-state index contributed by atoms with van der Waals surface area (Å²) in [5.74, 6) is -0.916. The molecule has 1 aromatic carbocycles. The number of hydrogen-bond acceptors (Lipinski definition) is 11. The second-order valence-corrected chi connectivity index (χ2v) is 18.5. The summed E-state index contributed by atoms with van der Waals surface area (Å²) in [5.41, 5.74) is 4.35. The molecule has 4 aliphatic carbocycles. The van der Waals surface area contributed by atoms with Gasteiger partial charge in [-0.3, -0.25) is 19.2 Å². The van der Waals surface area contributed by atoms with Crippen LogP contribution in [0.15, 0.2) is 12.1 Å². The maximum absolute atomic E-state index is 13.4. The maximum Gasteiger partial charge on any atom is 0.306 e. The molecular formula is C45H71N3O11. The fourth-order valence-corrected chi connectivity index (χ4v) is 11.9. The van der Waals surface area contributed by atoms with Crippen LogP contribution in [0.3, 0.4) is 0 Å². The van der Waals surface area contributed by atoms with E-state index in [-0.39, 0.29) is 97.5 Å². The number of benzene rings is 1. The minimum Gasteiger partial charge on any atom is -0.505 e. The van der Waals surface area contributed by atoms with E-state index in [9.17, 15) is 34.5 Å². The third-order valence-corrected chi connectivity index (χ3v) is 14.8. The lowest BCUT2D eigenvalue weighted by Gasteiger charge is -2.63. The molecule has 0 saturated heterocycles. The van der Waals surface area contributed by atoms with Gasteiger partial charge in [0.25, 0.3) is 5.91 Å². The van der Waals surface area contributed by atoms with Crippen LogP contribution in [-0.4, -0.2) is 96.9 Å². The Bertz CT molecular complexity index is 1620. The minimum absolute atomic E-state index is 0.0131. The number of esters is 1. The van der Waals surface area contributed by atoms with Gasteiger partial charge in [0.15, 0.2) is 5.75 Å². The molecule has 10 atom stereocenters. The van der Waals surface area contributed by atoms with Crippen LogP contribution in [0.4, 0.5) is 5.69 Å². The third kappa shape index (κ3) is 10.9. The SMILES string of the molecule is CCCCCC[C@](C)(O)[C@H]1CC[C@H]2[C@@H]3C[C@H](OC(=O)CCC(=O)NCCOCCOCC(=O)Nc4ccc(OC)c(C(N)=O)c4O)C4C[C@@H](O)CC[C@]4(C)[C@H]3CC[C@@]21C. The van der Waals surface area contributed by atoms with Gasteiger partial charge in [0.1, 0.15) is 24.0 Å². The summed E-state index contributed by atoms with van der Waals surface area (Å²) in [7, 11) is 1.32. The maximum atomic E-state index is 13.4. The number of anilines is 1. The lowest BCUT2D eigenvalue weighted by atomic mass is 9.43. The molecule has 0 aromatic heterocycles. The molecule has 59 heavy (non-hydrogen) atoms. The Balaban J connectivity index is 1.04. The van der Waals surface area contributed by atoms with Crippen molar-refractivity contribution in [1.29, 1.82) is 0 Å². The van der Waals surface area contributed by atoms with Crippen molar-refractivity contribution in [3.63, 3.8) is 0 Å². The Morgan fingerprint density at radius 2 is 1.63 bits per heavy atom. The predicted molar refractivity (Wildman–Crippen MR) is 222 cm³/mol. The number of primary amides is 1. The smallest absolute Gasteiger partial charge is 0.306 e.